The Morgan fingerprint density at radius 1 is 0.667 bits per heavy atom. The predicted molar refractivity (Wildman–Crippen MR) is 162 cm³/mol. The van der Waals surface area contributed by atoms with Crippen molar-refractivity contribution in [3.05, 3.63) is 95.1 Å². The van der Waals surface area contributed by atoms with Gasteiger partial charge in [0.2, 0.25) is 0 Å². The normalized spacial score (nSPS) is 12.0. The highest BCUT2D eigenvalue weighted by Crippen LogP contribution is 2.39. The van der Waals surface area contributed by atoms with Gasteiger partial charge >= 0.3 is 0 Å². The summed E-state index contributed by atoms with van der Waals surface area (Å²) in [7, 11) is -4.35. The third-order valence-electron chi connectivity index (χ3n) is 7.53. The molecule has 0 radical (unpaired) electrons. The van der Waals surface area contributed by atoms with E-state index in [1.165, 1.54) is 6.07 Å². The maximum Gasteiger partial charge on any atom is 0.294 e. The highest BCUT2D eigenvalue weighted by Gasteiger charge is 2.20. The summed E-state index contributed by atoms with van der Waals surface area (Å²) in [6, 6.07) is 23.1. The standard InChI is InChI=1S/C32H26O8S2/c1-17-13-25-19(3)31(37-27(25)15-29(17)41-40-39-33)23-9-5-21(6-10-23)22-7-11-24(12-8-22)32-20(4)26-14-18(2)30(42(34,35)36)16-28(26)38-32/h5-16,33H,1-4H3,(H,34,35,36). The summed E-state index contributed by atoms with van der Waals surface area (Å²) in [4.78, 5) is 0.611. The lowest BCUT2D eigenvalue weighted by Gasteiger charge is -2.06. The van der Waals surface area contributed by atoms with Crippen LogP contribution in [0.3, 0.4) is 0 Å². The molecule has 2 aromatic heterocycles. The Morgan fingerprint density at radius 3 is 1.60 bits per heavy atom. The molecule has 6 rings (SSSR count). The Bertz CT molecular complexity index is 2070. The first kappa shape index (κ1) is 28.2. The largest absolute Gasteiger partial charge is 0.456 e. The maximum atomic E-state index is 11.7. The van der Waals surface area contributed by atoms with Gasteiger partial charge in [-0.05, 0) is 68.1 Å². The minimum Gasteiger partial charge on any atom is -0.456 e. The van der Waals surface area contributed by atoms with E-state index in [-0.39, 0.29) is 4.90 Å². The zero-order valence-electron chi connectivity index (χ0n) is 23.1. The lowest BCUT2D eigenvalue weighted by atomic mass is 9.99. The van der Waals surface area contributed by atoms with Crippen molar-refractivity contribution in [1.29, 1.82) is 0 Å². The molecule has 0 atom stereocenters. The molecular weight excluding hydrogens is 576 g/mol. The van der Waals surface area contributed by atoms with Crippen LogP contribution in [-0.2, 0) is 19.5 Å². The third kappa shape index (κ3) is 5.02. The van der Waals surface area contributed by atoms with Gasteiger partial charge in [0.15, 0.2) is 0 Å². The lowest BCUT2D eigenvalue weighted by Crippen LogP contribution is -2.00. The molecular formula is C32H26O8S2. The van der Waals surface area contributed by atoms with Crippen LogP contribution < -0.4 is 0 Å². The smallest absolute Gasteiger partial charge is 0.294 e. The van der Waals surface area contributed by atoms with E-state index in [9.17, 15) is 13.0 Å². The highest BCUT2D eigenvalue weighted by molar-refractivity contribution is 7.94. The summed E-state index contributed by atoms with van der Waals surface area (Å²) in [6.07, 6.45) is 0. The molecule has 0 unspecified atom stereocenters. The fourth-order valence-corrected chi connectivity index (χ4v) is 6.48. The predicted octanol–water partition coefficient (Wildman–Crippen LogP) is 9.09. The maximum absolute atomic E-state index is 11.7. The monoisotopic (exact) mass is 602 g/mol. The summed E-state index contributed by atoms with van der Waals surface area (Å²) < 4.78 is 49.9. The minimum absolute atomic E-state index is 0.159. The van der Waals surface area contributed by atoms with Gasteiger partial charge < -0.3 is 8.83 Å². The summed E-state index contributed by atoms with van der Waals surface area (Å²) >= 11 is 0.906. The first-order chi connectivity index (χ1) is 20.0. The first-order valence-electron chi connectivity index (χ1n) is 13.0. The fraction of sp³-hybridized carbons (Fsp3) is 0.125. The van der Waals surface area contributed by atoms with E-state index < -0.39 is 10.1 Å². The number of hydrogen-bond acceptors (Lipinski definition) is 8. The van der Waals surface area contributed by atoms with Crippen LogP contribution in [0.2, 0.25) is 0 Å². The van der Waals surface area contributed by atoms with Crippen molar-refractivity contribution in [3.63, 3.8) is 0 Å². The van der Waals surface area contributed by atoms with E-state index in [2.05, 4.69) is 9.37 Å². The van der Waals surface area contributed by atoms with Crippen molar-refractivity contribution in [2.24, 2.45) is 0 Å². The second-order valence-corrected chi connectivity index (χ2v) is 12.3. The Balaban J connectivity index is 1.28. The Kier molecular flexibility index (Phi) is 7.22. The molecule has 0 aliphatic heterocycles. The molecule has 10 heteroatoms. The van der Waals surface area contributed by atoms with Gasteiger partial charge in [0.25, 0.3) is 10.1 Å². The molecule has 0 saturated carbocycles. The van der Waals surface area contributed by atoms with Crippen molar-refractivity contribution in [3.8, 4) is 33.8 Å². The van der Waals surface area contributed by atoms with Crippen molar-refractivity contribution < 1.29 is 36.4 Å². The second-order valence-electron chi connectivity index (χ2n) is 10.2. The third-order valence-corrected chi connectivity index (χ3v) is 9.27. The van der Waals surface area contributed by atoms with E-state index in [0.717, 1.165) is 72.4 Å². The van der Waals surface area contributed by atoms with Gasteiger partial charge in [-0.1, -0.05) is 53.6 Å². The number of fused-ring (bicyclic) bond motifs is 2. The topological polar surface area (TPSA) is 119 Å². The SMILES string of the molecule is Cc1cc2c(C)c(-c3ccc(-c4ccc(-c5oc6cc(S(=O)(=O)O)c(C)cc6c5C)cc4)cc3)oc2cc1SOOO. The summed E-state index contributed by atoms with van der Waals surface area (Å²) in [6.45, 7) is 7.55. The van der Waals surface area contributed by atoms with E-state index in [1.54, 1.807) is 13.0 Å². The summed E-state index contributed by atoms with van der Waals surface area (Å²) in [5.41, 5.74) is 8.32. The zero-order valence-corrected chi connectivity index (χ0v) is 24.7. The van der Waals surface area contributed by atoms with Crippen molar-refractivity contribution >= 4 is 44.1 Å². The average Bonchev–Trinajstić information content (AvgIpc) is 3.46. The molecule has 0 amide bonds. The quantitative estimate of drug-likeness (QED) is 0.0798. The molecule has 0 fully saturated rings. The van der Waals surface area contributed by atoms with Gasteiger partial charge in [-0.25, -0.2) is 5.26 Å². The molecule has 0 aliphatic carbocycles. The number of hydrogen-bond donors (Lipinski definition) is 2. The van der Waals surface area contributed by atoms with Crippen LogP contribution >= 0.6 is 12.0 Å². The van der Waals surface area contributed by atoms with Crippen LogP contribution in [0.25, 0.3) is 55.7 Å². The van der Waals surface area contributed by atoms with Gasteiger partial charge in [0, 0.05) is 44.0 Å². The van der Waals surface area contributed by atoms with Crippen molar-refractivity contribution in [2.45, 2.75) is 37.5 Å². The van der Waals surface area contributed by atoms with Gasteiger partial charge in [0.1, 0.15) is 27.6 Å². The van der Waals surface area contributed by atoms with Crippen LogP contribution in [-0.4, -0.2) is 18.2 Å². The van der Waals surface area contributed by atoms with Gasteiger partial charge in [-0.15, -0.1) is 4.33 Å². The molecule has 6 aromatic rings. The van der Waals surface area contributed by atoms with Crippen LogP contribution in [0, 0.1) is 27.7 Å². The number of benzene rings is 4. The van der Waals surface area contributed by atoms with Gasteiger partial charge in [-0.3, -0.25) is 4.55 Å². The molecule has 42 heavy (non-hydrogen) atoms. The first-order valence-corrected chi connectivity index (χ1v) is 15.1. The van der Waals surface area contributed by atoms with Crippen molar-refractivity contribution in [1.82, 2.24) is 0 Å². The zero-order chi connectivity index (χ0) is 29.8. The van der Waals surface area contributed by atoms with E-state index in [4.69, 9.17) is 14.1 Å². The molecule has 0 bridgehead atoms. The molecule has 8 nitrogen and oxygen atoms in total. The molecule has 2 heterocycles. The average molecular weight is 603 g/mol. The van der Waals surface area contributed by atoms with E-state index in [0.29, 0.717) is 22.5 Å². The Morgan fingerprint density at radius 2 is 1.12 bits per heavy atom. The second kappa shape index (κ2) is 10.7. The van der Waals surface area contributed by atoms with Crippen molar-refractivity contribution in [2.75, 3.05) is 0 Å². The molecule has 4 aromatic carbocycles. The fourth-order valence-electron chi connectivity index (χ4n) is 5.31. The molecule has 214 valence electrons. The number of furan rings is 2. The molecule has 0 aliphatic rings. The minimum atomic E-state index is -4.35. The van der Waals surface area contributed by atoms with E-state index >= 15 is 0 Å². The van der Waals surface area contributed by atoms with Crippen LogP contribution in [0.15, 0.2) is 91.4 Å². The molecule has 2 N–H and O–H groups in total. The Hall–Kier alpha value is -3.90. The molecule has 0 saturated heterocycles. The number of aryl methyl sites for hydroxylation is 4. The summed E-state index contributed by atoms with van der Waals surface area (Å²) in [5.74, 6) is 1.42. The lowest BCUT2D eigenvalue weighted by molar-refractivity contribution is -0.432. The molecule has 0 spiro atoms. The van der Waals surface area contributed by atoms with Gasteiger partial charge in [-0.2, -0.15) is 8.42 Å². The van der Waals surface area contributed by atoms with Crippen LogP contribution in [0.4, 0.5) is 0 Å². The van der Waals surface area contributed by atoms with Gasteiger partial charge in [0.05, 0.1) is 12.0 Å². The van der Waals surface area contributed by atoms with Crippen LogP contribution in [0.1, 0.15) is 22.3 Å². The van der Waals surface area contributed by atoms with Crippen LogP contribution in [0.5, 0.6) is 0 Å². The number of rotatable bonds is 7. The summed E-state index contributed by atoms with van der Waals surface area (Å²) in [5, 5.41) is 14.0. The highest BCUT2D eigenvalue weighted by atomic mass is 32.2. The Labute approximate surface area is 246 Å². The van der Waals surface area contributed by atoms with E-state index in [1.807, 2.05) is 81.4 Å².